The average molecular weight is 365 g/mol. The summed E-state index contributed by atoms with van der Waals surface area (Å²) in [4.78, 5) is 17.2. The molecule has 142 valence electrons. The summed E-state index contributed by atoms with van der Waals surface area (Å²) in [5.74, 6) is 1.03. The molecule has 6 heteroatoms. The van der Waals surface area contributed by atoms with Crippen molar-refractivity contribution in [2.75, 3.05) is 5.43 Å². The van der Waals surface area contributed by atoms with Gasteiger partial charge in [0.25, 0.3) is 5.56 Å². The topological polar surface area (TPSA) is 64.2 Å². The first-order chi connectivity index (χ1) is 12.9. The van der Waals surface area contributed by atoms with Crippen molar-refractivity contribution < 1.29 is 0 Å². The highest BCUT2D eigenvalue weighted by molar-refractivity contribution is 5.82. The first-order valence-corrected chi connectivity index (χ1v) is 9.37. The Morgan fingerprint density at radius 2 is 1.96 bits per heavy atom. The number of fused-ring (bicyclic) bond motifs is 1. The number of aryl methyl sites for hydroxylation is 1. The number of para-hydroxylation sites is 1. The van der Waals surface area contributed by atoms with Crippen molar-refractivity contribution in [3.8, 4) is 0 Å². The summed E-state index contributed by atoms with van der Waals surface area (Å²) in [6.07, 6.45) is 1.79. The first kappa shape index (κ1) is 18.9. The molecule has 0 aliphatic carbocycles. The molecule has 27 heavy (non-hydrogen) atoms. The van der Waals surface area contributed by atoms with Gasteiger partial charge in [-0.05, 0) is 44.9 Å². The lowest BCUT2D eigenvalue weighted by molar-refractivity contribution is 0.509. The summed E-state index contributed by atoms with van der Waals surface area (Å²) in [5.41, 5.74) is 7.03. The Labute approximate surface area is 159 Å². The molecule has 0 unspecified atom stereocenters. The van der Waals surface area contributed by atoms with Crippen LogP contribution in [-0.4, -0.2) is 20.3 Å². The molecule has 0 atom stereocenters. The molecule has 6 nitrogen and oxygen atoms in total. The lowest BCUT2D eigenvalue weighted by Gasteiger charge is -2.12. The fourth-order valence-corrected chi connectivity index (χ4v) is 3.31. The molecule has 0 radical (unpaired) electrons. The van der Waals surface area contributed by atoms with Crippen LogP contribution in [0, 0.1) is 19.8 Å². The molecule has 3 rings (SSSR count). The SMILES string of the molecule is CCn1c(N/N=C\c2cc(C)n(CC(C)C)c2C)nc2ccccc2c1=O. The molecule has 0 aliphatic rings. The van der Waals surface area contributed by atoms with Gasteiger partial charge in [0, 0.05) is 30.0 Å². The van der Waals surface area contributed by atoms with E-state index >= 15 is 0 Å². The smallest absolute Gasteiger partial charge is 0.262 e. The number of hydrazone groups is 1. The highest BCUT2D eigenvalue weighted by Gasteiger charge is 2.10. The third-order valence-corrected chi connectivity index (χ3v) is 4.71. The van der Waals surface area contributed by atoms with E-state index in [9.17, 15) is 4.79 Å². The van der Waals surface area contributed by atoms with E-state index in [1.54, 1.807) is 16.8 Å². The van der Waals surface area contributed by atoms with E-state index < -0.39 is 0 Å². The predicted octanol–water partition coefficient (Wildman–Crippen LogP) is 3.94. The lowest BCUT2D eigenvalue weighted by Crippen LogP contribution is -2.23. The number of aromatic nitrogens is 3. The quantitative estimate of drug-likeness (QED) is 0.532. The number of rotatable bonds is 6. The van der Waals surface area contributed by atoms with Gasteiger partial charge in [-0.2, -0.15) is 5.10 Å². The molecule has 0 fully saturated rings. The van der Waals surface area contributed by atoms with Crippen LogP contribution in [0.3, 0.4) is 0 Å². The summed E-state index contributed by atoms with van der Waals surface area (Å²) >= 11 is 0. The van der Waals surface area contributed by atoms with Crippen LogP contribution in [0.4, 0.5) is 5.95 Å². The summed E-state index contributed by atoms with van der Waals surface area (Å²) < 4.78 is 3.91. The van der Waals surface area contributed by atoms with Crippen molar-refractivity contribution >= 4 is 23.1 Å². The second kappa shape index (κ2) is 7.78. The van der Waals surface area contributed by atoms with Crippen LogP contribution in [0.5, 0.6) is 0 Å². The van der Waals surface area contributed by atoms with Crippen molar-refractivity contribution in [1.29, 1.82) is 0 Å². The molecule has 3 aromatic rings. The van der Waals surface area contributed by atoms with Gasteiger partial charge >= 0.3 is 0 Å². The second-order valence-electron chi connectivity index (χ2n) is 7.20. The number of hydrogen-bond donors (Lipinski definition) is 1. The maximum absolute atomic E-state index is 12.6. The maximum atomic E-state index is 12.6. The van der Waals surface area contributed by atoms with Gasteiger partial charge < -0.3 is 4.57 Å². The molecule has 0 aliphatic heterocycles. The van der Waals surface area contributed by atoms with Gasteiger partial charge in [-0.3, -0.25) is 9.36 Å². The third-order valence-electron chi connectivity index (χ3n) is 4.71. The van der Waals surface area contributed by atoms with Crippen molar-refractivity contribution in [3.63, 3.8) is 0 Å². The Bertz CT molecular complexity index is 1040. The van der Waals surface area contributed by atoms with Gasteiger partial charge in [-0.25, -0.2) is 10.4 Å². The van der Waals surface area contributed by atoms with Gasteiger partial charge in [0.05, 0.1) is 17.1 Å². The second-order valence-corrected chi connectivity index (χ2v) is 7.20. The minimum absolute atomic E-state index is 0.0593. The maximum Gasteiger partial charge on any atom is 0.262 e. The Morgan fingerprint density at radius 1 is 1.22 bits per heavy atom. The molecule has 0 amide bonds. The largest absolute Gasteiger partial charge is 0.348 e. The van der Waals surface area contributed by atoms with Crippen LogP contribution < -0.4 is 11.0 Å². The highest BCUT2D eigenvalue weighted by Crippen LogP contribution is 2.16. The Balaban J connectivity index is 1.90. The molecule has 1 aromatic carbocycles. The summed E-state index contributed by atoms with van der Waals surface area (Å²) in [6, 6.07) is 9.49. The van der Waals surface area contributed by atoms with E-state index in [-0.39, 0.29) is 5.56 Å². The number of nitrogens with zero attached hydrogens (tertiary/aromatic N) is 4. The molecular formula is C21H27N5O. The minimum atomic E-state index is -0.0593. The number of anilines is 1. The molecule has 0 saturated carbocycles. The van der Waals surface area contributed by atoms with E-state index in [1.807, 2.05) is 25.1 Å². The molecule has 0 saturated heterocycles. The number of benzene rings is 1. The van der Waals surface area contributed by atoms with E-state index in [1.165, 1.54) is 11.4 Å². The van der Waals surface area contributed by atoms with Crippen molar-refractivity contribution in [1.82, 2.24) is 14.1 Å². The van der Waals surface area contributed by atoms with Crippen LogP contribution in [0.1, 0.15) is 37.7 Å². The average Bonchev–Trinajstić information content (AvgIpc) is 2.89. The fourth-order valence-electron chi connectivity index (χ4n) is 3.31. The van der Waals surface area contributed by atoms with E-state index in [0.29, 0.717) is 29.3 Å². The zero-order valence-corrected chi connectivity index (χ0v) is 16.7. The van der Waals surface area contributed by atoms with Crippen LogP contribution >= 0.6 is 0 Å². The number of nitrogens with one attached hydrogen (secondary N) is 1. The Kier molecular flexibility index (Phi) is 5.44. The monoisotopic (exact) mass is 365 g/mol. The standard InChI is InChI=1S/C21H27N5O/c1-6-25-20(27)18-9-7-8-10-19(18)23-21(25)24-22-12-17-11-15(4)26(16(17)5)13-14(2)3/h7-12,14H,6,13H2,1-5H3,(H,23,24)/b22-12-. The summed E-state index contributed by atoms with van der Waals surface area (Å²) in [5, 5.41) is 4.97. The molecule has 0 spiro atoms. The van der Waals surface area contributed by atoms with Gasteiger partial charge in [0.15, 0.2) is 0 Å². The van der Waals surface area contributed by atoms with Crippen LogP contribution in [-0.2, 0) is 13.1 Å². The third kappa shape index (κ3) is 3.79. The van der Waals surface area contributed by atoms with E-state index in [4.69, 9.17) is 0 Å². The van der Waals surface area contributed by atoms with Crippen molar-refractivity contribution in [2.24, 2.45) is 11.0 Å². The molecule has 0 bridgehead atoms. The van der Waals surface area contributed by atoms with Crippen LogP contribution in [0.2, 0.25) is 0 Å². The number of hydrogen-bond acceptors (Lipinski definition) is 4. The highest BCUT2D eigenvalue weighted by atomic mass is 16.1. The van der Waals surface area contributed by atoms with E-state index in [0.717, 1.165) is 12.1 Å². The first-order valence-electron chi connectivity index (χ1n) is 9.37. The molecule has 2 heterocycles. The van der Waals surface area contributed by atoms with Gasteiger partial charge in [0.1, 0.15) is 0 Å². The molecular weight excluding hydrogens is 338 g/mol. The molecule has 2 aromatic heterocycles. The zero-order chi connectivity index (χ0) is 19.6. The Hall–Kier alpha value is -2.89. The Morgan fingerprint density at radius 3 is 2.67 bits per heavy atom. The minimum Gasteiger partial charge on any atom is -0.348 e. The fraction of sp³-hybridized carbons (Fsp3) is 0.381. The normalized spacial score (nSPS) is 11.8. The summed E-state index contributed by atoms with van der Waals surface area (Å²) in [6.45, 7) is 12.1. The zero-order valence-electron chi connectivity index (χ0n) is 16.7. The van der Waals surface area contributed by atoms with E-state index in [2.05, 4.69) is 53.8 Å². The van der Waals surface area contributed by atoms with Crippen molar-refractivity contribution in [2.45, 2.75) is 47.7 Å². The lowest BCUT2D eigenvalue weighted by atomic mass is 10.2. The van der Waals surface area contributed by atoms with Gasteiger partial charge in [0.2, 0.25) is 5.95 Å². The predicted molar refractivity (Wildman–Crippen MR) is 112 cm³/mol. The van der Waals surface area contributed by atoms with Crippen LogP contribution in [0.15, 0.2) is 40.2 Å². The summed E-state index contributed by atoms with van der Waals surface area (Å²) in [7, 11) is 0. The van der Waals surface area contributed by atoms with Crippen molar-refractivity contribution in [3.05, 3.63) is 57.6 Å². The molecule has 1 N–H and O–H groups in total. The van der Waals surface area contributed by atoms with Gasteiger partial charge in [-0.1, -0.05) is 26.0 Å². The van der Waals surface area contributed by atoms with Gasteiger partial charge in [-0.15, -0.1) is 0 Å². The van der Waals surface area contributed by atoms with Crippen LogP contribution in [0.25, 0.3) is 10.9 Å².